The molecule has 4 N–H and O–H groups in total. The summed E-state index contributed by atoms with van der Waals surface area (Å²) in [6.07, 6.45) is 2.03. The molecule has 0 amide bonds. The predicted octanol–water partition coefficient (Wildman–Crippen LogP) is 1.20. The van der Waals surface area contributed by atoms with Crippen LogP contribution in [0.4, 0.5) is 0 Å². The van der Waals surface area contributed by atoms with Crippen LogP contribution in [0.15, 0.2) is 0 Å². The minimum absolute atomic E-state index is 0.247. The second kappa shape index (κ2) is 9.83. The number of unbranched alkanes of at least 4 members (excludes halogenated alkanes) is 1. The lowest BCUT2D eigenvalue weighted by molar-refractivity contribution is -0.0631. The second-order valence-electron chi connectivity index (χ2n) is 4.76. The van der Waals surface area contributed by atoms with E-state index < -0.39 is 18.3 Å². The van der Waals surface area contributed by atoms with Crippen molar-refractivity contribution in [2.75, 3.05) is 0 Å². The van der Waals surface area contributed by atoms with E-state index >= 15 is 0 Å². The van der Waals surface area contributed by atoms with Gasteiger partial charge in [0.25, 0.3) is 0 Å². The smallest absolute Gasteiger partial charge is 0.106 e. The molecule has 4 atom stereocenters. The highest BCUT2D eigenvalue weighted by Gasteiger charge is 2.22. The van der Waals surface area contributed by atoms with Crippen molar-refractivity contribution in [3.63, 3.8) is 0 Å². The molecule has 4 heteroatoms. The van der Waals surface area contributed by atoms with Crippen molar-refractivity contribution in [3.8, 4) is 0 Å². The molecule has 0 heterocycles. The molecule has 17 heavy (non-hydrogen) atoms. The zero-order valence-electron chi connectivity index (χ0n) is 11.0. The highest BCUT2D eigenvalue weighted by Crippen LogP contribution is 2.13. The Labute approximate surface area is 104 Å². The summed E-state index contributed by atoms with van der Waals surface area (Å²) in [5.74, 6) is 0. The Bertz CT molecular complexity index is 175. The lowest BCUT2D eigenvalue weighted by atomic mass is 9.99. The van der Waals surface area contributed by atoms with Crippen molar-refractivity contribution in [1.29, 1.82) is 0 Å². The zero-order chi connectivity index (χ0) is 13.3. The van der Waals surface area contributed by atoms with Crippen molar-refractivity contribution < 1.29 is 20.4 Å². The summed E-state index contributed by atoms with van der Waals surface area (Å²) >= 11 is 0. The molecule has 0 aliphatic rings. The Kier molecular flexibility index (Phi) is 9.74. The van der Waals surface area contributed by atoms with E-state index in [1.165, 1.54) is 0 Å². The zero-order valence-corrected chi connectivity index (χ0v) is 11.0. The lowest BCUT2D eigenvalue weighted by Gasteiger charge is -2.22. The Hall–Kier alpha value is -0.160. The monoisotopic (exact) mass is 248 g/mol. The average Bonchev–Trinajstić information content (AvgIpc) is 2.32. The molecular weight excluding hydrogens is 220 g/mol. The van der Waals surface area contributed by atoms with Crippen LogP contribution in [0.25, 0.3) is 0 Å². The summed E-state index contributed by atoms with van der Waals surface area (Å²) in [6.45, 7) is 3.80. The van der Waals surface area contributed by atoms with Gasteiger partial charge in [-0.1, -0.05) is 33.1 Å². The van der Waals surface area contributed by atoms with E-state index in [2.05, 4.69) is 0 Å². The Morgan fingerprint density at radius 3 is 1.88 bits per heavy atom. The molecule has 0 aromatic heterocycles. The molecule has 0 aliphatic carbocycles. The summed E-state index contributed by atoms with van der Waals surface area (Å²) < 4.78 is 0. The molecule has 4 unspecified atom stereocenters. The van der Waals surface area contributed by atoms with Crippen LogP contribution < -0.4 is 0 Å². The molecular formula is C13H28O4. The van der Waals surface area contributed by atoms with Crippen molar-refractivity contribution in [2.45, 2.75) is 83.2 Å². The first-order chi connectivity index (χ1) is 8.02. The SMILES string of the molecule is CCCC(O)CCCCC(O)C(O)C(O)CC. The molecule has 0 rings (SSSR count). The lowest BCUT2D eigenvalue weighted by Crippen LogP contribution is -2.36. The summed E-state index contributed by atoms with van der Waals surface area (Å²) in [7, 11) is 0. The fourth-order valence-corrected chi connectivity index (χ4v) is 1.88. The standard InChI is InChI=1S/C13H28O4/c1-3-7-10(14)8-5-6-9-12(16)13(17)11(15)4-2/h10-17H,3-9H2,1-2H3. The maximum Gasteiger partial charge on any atom is 0.106 e. The van der Waals surface area contributed by atoms with Gasteiger partial charge in [-0.15, -0.1) is 0 Å². The van der Waals surface area contributed by atoms with Crippen LogP contribution in [0.5, 0.6) is 0 Å². The quantitative estimate of drug-likeness (QED) is 0.438. The molecule has 0 saturated heterocycles. The van der Waals surface area contributed by atoms with E-state index in [0.717, 1.165) is 32.1 Å². The number of aliphatic hydroxyl groups excluding tert-OH is 4. The molecule has 0 aromatic carbocycles. The third kappa shape index (κ3) is 7.71. The van der Waals surface area contributed by atoms with Crippen LogP contribution in [-0.2, 0) is 0 Å². The van der Waals surface area contributed by atoms with E-state index in [1.807, 2.05) is 6.92 Å². The van der Waals surface area contributed by atoms with E-state index in [1.54, 1.807) is 6.92 Å². The molecule has 0 aromatic rings. The molecule has 0 saturated carbocycles. The van der Waals surface area contributed by atoms with Gasteiger partial charge >= 0.3 is 0 Å². The van der Waals surface area contributed by atoms with Gasteiger partial charge in [-0.25, -0.2) is 0 Å². The van der Waals surface area contributed by atoms with Crippen LogP contribution in [0.2, 0.25) is 0 Å². The van der Waals surface area contributed by atoms with Crippen molar-refractivity contribution in [2.24, 2.45) is 0 Å². The summed E-state index contributed by atoms with van der Waals surface area (Å²) in [6, 6.07) is 0. The highest BCUT2D eigenvalue weighted by atomic mass is 16.4. The third-order valence-electron chi connectivity index (χ3n) is 3.12. The maximum absolute atomic E-state index is 9.62. The van der Waals surface area contributed by atoms with Gasteiger partial charge in [0.1, 0.15) is 6.10 Å². The fourth-order valence-electron chi connectivity index (χ4n) is 1.88. The predicted molar refractivity (Wildman–Crippen MR) is 67.7 cm³/mol. The number of hydrogen-bond donors (Lipinski definition) is 4. The normalized spacial score (nSPS) is 18.7. The summed E-state index contributed by atoms with van der Waals surface area (Å²) in [5, 5.41) is 38.0. The fraction of sp³-hybridized carbons (Fsp3) is 1.00. The van der Waals surface area contributed by atoms with Gasteiger partial charge in [0.05, 0.1) is 18.3 Å². The van der Waals surface area contributed by atoms with Crippen molar-refractivity contribution >= 4 is 0 Å². The maximum atomic E-state index is 9.62. The van der Waals surface area contributed by atoms with Crippen molar-refractivity contribution in [3.05, 3.63) is 0 Å². The molecule has 104 valence electrons. The van der Waals surface area contributed by atoms with Gasteiger partial charge in [0.15, 0.2) is 0 Å². The number of rotatable bonds is 10. The largest absolute Gasteiger partial charge is 0.393 e. The number of aliphatic hydroxyl groups is 4. The molecule has 0 fully saturated rings. The Morgan fingerprint density at radius 1 is 0.765 bits per heavy atom. The second-order valence-corrected chi connectivity index (χ2v) is 4.76. The van der Waals surface area contributed by atoms with E-state index in [4.69, 9.17) is 0 Å². The van der Waals surface area contributed by atoms with Gasteiger partial charge in [-0.05, 0) is 25.7 Å². The summed E-state index contributed by atoms with van der Waals surface area (Å²) in [5.41, 5.74) is 0. The van der Waals surface area contributed by atoms with Gasteiger partial charge in [0, 0.05) is 0 Å². The molecule has 0 spiro atoms. The number of hydrogen-bond acceptors (Lipinski definition) is 4. The van der Waals surface area contributed by atoms with Crippen LogP contribution in [0.1, 0.15) is 58.8 Å². The van der Waals surface area contributed by atoms with Crippen LogP contribution >= 0.6 is 0 Å². The Balaban J connectivity index is 3.60. The first-order valence-corrected chi connectivity index (χ1v) is 6.75. The first kappa shape index (κ1) is 16.8. The minimum Gasteiger partial charge on any atom is -0.393 e. The van der Waals surface area contributed by atoms with Crippen LogP contribution in [0, 0.1) is 0 Å². The van der Waals surface area contributed by atoms with E-state index in [9.17, 15) is 20.4 Å². The molecule has 0 bridgehead atoms. The minimum atomic E-state index is -1.06. The van der Waals surface area contributed by atoms with E-state index in [0.29, 0.717) is 12.8 Å². The highest BCUT2D eigenvalue weighted by molar-refractivity contribution is 4.74. The molecule has 4 nitrogen and oxygen atoms in total. The van der Waals surface area contributed by atoms with Gasteiger partial charge in [-0.2, -0.15) is 0 Å². The van der Waals surface area contributed by atoms with Crippen molar-refractivity contribution in [1.82, 2.24) is 0 Å². The summed E-state index contributed by atoms with van der Waals surface area (Å²) in [4.78, 5) is 0. The van der Waals surface area contributed by atoms with Gasteiger partial charge in [-0.3, -0.25) is 0 Å². The molecule has 0 aliphatic heterocycles. The van der Waals surface area contributed by atoms with E-state index in [-0.39, 0.29) is 6.10 Å². The molecule has 0 radical (unpaired) electrons. The first-order valence-electron chi connectivity index (χ1n) is 6.75. The van der Waals surface area contributed by atoms with Gasteiger partial charge < -0.3 is 20.4 Å². The van der Waals surface area contributed by atoms with Gasteiger partial charge in [0.2, 0.25) is 0 Å². The van der Waals surface area contributed by atoms with Crippen LogP contribution in [0.3, 0.4) is 0 Å². The third-order valence-corrected chi connectivity index (χ3v) is 3.12. The topological polar surface area (TPSA) is 80.9 Å². The van der Waals surface area contributed by atoms with Crippen LogP contribution in [-0.4, -0.2) is 44.8 Å². The Morgan fingerprint density at radius 2 is 1.35 bits per heavy atom. The average molecular weight is 248 g/mol.